The normalized spacial score (nSPS) is 30.9. The molecule has 2 bridgehead atoms. The van der Waals surface area contributed by atoms with Crippen molar-refractivity contribution >= 4 is 11.7 Å². The molecular weight excluding hydrogens is 355 g/mol. The highest BCUT2D eigenvalue weighted by Crippen LogP contribution is 2.47. The van der Waals surface area contributed by atoms with Crippen LogP contribution in [-0.4, -0.2) is 59.5 Å². The number of nitrogens with one attached hydrogen (secondary N) is 1. The first-order valence-corrected chi connectivity index (χ1v) is 10.1. The van der Waals surface area contributed by atoms with Gasteiger partial charge in [-0.15, -0.1) is 0 Å². The van der Waals surface area contributed by atoms with Crippen LogP contribution in [0.4, 0.5) is 10.2 Å². The fourth-order valence-electron chi connectivity index (χ4n) is 5.52. The molecule has 0 spiro atoms. The minimum absolute atomic E-state index is 0.0762. The molecule has 3 atom stereocenters. The second-order valence-corrected chi connectivity index (χ2v) is 8.15. The van der Waals surface area contributed by atoms with E-state index in [9.17, 15) is 9.18 Å². The zero-order valence-electron chi connectivity index (χ0n) is 16.0. The van der Waals surface area contributed by atoms with E-state index in [2.05, 4.69) is 20.1 Å². The summed E-state index contributed by atoms with van der Waals surface area (Å²) in [4.78, 5) is 22.3. The Labute approximate surface area is 164 Å². The lowest BCUT2D eigenvalue weighted by Crippen LogP contribution is -2.60. The third-order valence-corrected chi connectivity index (χ3v) is 6.82. The number of halogens is 1. The lowest BCUT2D eigenvalue weighted by atomic mass is 9.75. The van der Waals surface area contributed by atoms with Gasteiger partial charge in [-0.05, 0) is 61.7 Å². The average molecular weight is 380 g/mol. The smallest absolute Gasteiger partial charge is 0.254 e. The maximum Gasteiger partial charge on any atom is 0.254 e. The second kappa shape index (κ2) is 6.85. The maximum atomic E-state index is 13.5. The molecule has 1 amide bonds. The number of aromatic nitrogens is 1. The molecule has 0 radical (unpaired) electrons. The molecule has 0 aliphatic carbocycles. The number of piperidine rings is 3. The minimum atomic E-state index is -0.215. The van der Waals surface area contributed by atoms with Crippen molar-refractivity contribution in [3.63, 3.8) is 0 Å². The number of benzene rings is 1. The van der Waals surface area contributed by atoms with E-state index in [4.69, 9.17) is 0 Å². The van der Waals surface area contributed by atoms with E-state index in [1.54, 1.807) is 19.3 Å². The summed E-state index contributed by atoms with van der Waals surface area (Å²) < 4.78 is 13.5. The molecule has 2 aromatic rings. The van der Waals surface area contributed by atoms with Gasteiger partial charge in [-0.1, -0.05) is 12.1 Å². The van der Waals surface area contributed by atoms with Crippen molar-refractivity contribution in [2.45, 2.75) is 30.8 Å². The van der Waals surface area contributed by atoms with Gasteiger partial charge < -0.3 is 10.2 Å². The van der Waals surface area contributed by atoms with Crippen molar-refractivity contribution in [3.8, 4) is 0 Å². The lowest BCUT2D eigenvalue weighted by Gasteiger charge is -2.51. The third kappa shape index (κ3) is 2.78. The van der Waals surface area contributed by atoms with Crippen LogP contribution in [0.1, 0.15) is 34.7 Å². The number of carbonyl (C=O) groups is 1. The molecule has 6 rings (SSSR count). The third-order valence-electron chi connectivity index (χ3n) is 6.82. The summed E-state index contributed by atoms with van der Waals surface area (Å²) >= 11 is 0. The predicted molar refractivity (Wildman–Crippen MR) is 106 cm³/mol. The summed E-state index contributed by atoms with van der Waals surface area (Å²) in [6.07, 6.45) is 3.99. The van der Waals surface area contributed by atoms with Crippen molar-refractivity contribution < 1.29 is 9.18 Å². The fraction of sp³-hybridized carbons (Fsp3) is 0.455. The number of hydrogen-bond donors (Lipinski definition) is 1. The summed E-state index contributed by atoms with van der Waals surface area (Å²) in [5, 5.41) is 3.01. The molecule has 28 heavy (non-hydrogen) atoms. The number of hydrogen-bond acceptors (Lipinski definition) is 4. The van der Waals surface area contributed by atoms with Gasteiger partial charge in [-0.2, -0.15) is 0 Å². The van der Waals surface area contributed by atoms with Gasteiger partial charge in [0.05, 0.1) is 6.04 Å². The highest BCUT2D eigenvalue weighted by molar-refractivity contribution is 5.95. The largest absolute Gasteiger partial charge is 0.373 e. The Balaban J connectivity index is 1.51. The molecule has 4 saturated heterocycles. The average Bonchev–Trinajstić information content (AvgIpc) is 3.17. The number of likely N-dealkylation sites (tertiary alicyclic amines) is 1. The standard InChI is InChI=1S/C22H25FN4O/c1-24-19-12-16(6-9-25-19)22(28)27-13-18(14-2-4-17(23)5-3-14)21-20(27)15-7-10-26(21)11-8-15/h2-6,9,12,15,18,20-21H,7-8,10-11,13H2,1H3,(H,24,25)/t18-,20+,21+/m0/s1. The SMILES string of the molecule is CNc1cc(C(=O)N2C[C@@H](c3ccc(F)cc3)[C@@H]3[C@H]2C2CCN3CC2)ccn1. The second-order valence-electron chi connectivity index (χ2n) is 8.15. The Hall–Kier alpha value is -2.47. The highest BCUT2D eigenvalue weighted by atomic mass is 19.1. The van der Waals surface area contributed by atoms with E-state index >= 15 is 0 Å². The van der Waals surface area contributed by atoms with Crippen molar-refractivity contribution in [2.24, 2.45) is 5.92 Å². The molecule has 6 heteroatoms. The summed E-state index contributed by atoms with van der Waals surface area (Å²) in [5.74, 6) is 1.34. The van der Waals surface area contributed by atoms with E-state index < -0.39 is 0 Å². The van der Waals surface area contributed by atoms with Crippen molar-refractivity contribution in [1.82, 2.24) is 14.8 Å². The molecule has 4 aliphatic heterocycles. The quantitative estimate of drug-likeness (QED) is 0.890. The van der Waals surface area contributed by atoms with E-state index in [1.165, 1.54) is 12.1 Å². The molecule has 1 aromatic carbocycles. The topological polar surface area (TPSA) is 48.5 Å². The summed E-state index contributed by atoms with van der Waals surface area (Å²) in [6, 6.07) is 11.0. The van der Waals surface area contributed by atoms with Gasteiger partial charge in [0.1, 0.15) is 11.6 Å². The fourth-order valence-corrected chi connectivity index (χ4v) is 5.52. The predicted octanol–water partition coefficient (Wildman–Crippen LogP) is 2.96. The number of anilines is 1. The first-order chi connectivity index (χ1) is 13.7. The van der Waals surface area contributed by atoms with Gasteiger partial charge >= 0.3 is 0 Å². The summed E-state index contributed by atoms with van der Waals surface area (Å²) in [6.45, 7) is 2.89. The van der Waals surface area contributed by atoms with Crippen LogP contribution in [-0.2, 0) is 0 Å². The lowest BCUT2D eigenvalue weighted by molar-refractivity contribution is -0.00341. The van der Waals surface area contributed by atoms with Gasteiger partial charge in [0.25, 0.3) is 5.91 Å². The number of rotatable bonds is 3. The molecule has 5 nitrogen and oxygen atoms in total. The van der Waals surface area contributed by atoms with Crippen molar-refractivity contribution in [3.05, 3.63) is 59.5 Å². The molecule has 5 heterocycles. The van der Waals surface area contributed by atoms with Gasteiger partial charge in [-0.25, -0.2) is 9.37 Å². The first-order valence-electron chi connectivity index (χ1n) is 10.1. The van der Waals surface area contributed by atoms with Crippen molar-refractivity contribution in [1.29, 1.82) is 0 Å². The van der Waals surface area contributed by atoms with Gasteiger partial charge in [0.2, 0.25) is 0 Å². The van der Waals surface area contributed by atoms with Crippen LogP contribution in [0.25, 0.3) is 0 Å². The van der Waals surface area contributed by atoms with E-state index in [-0.39, 0.29) is 23.7 Å². The van der Waals surface area contributed by atoms with Crippen LogP contribution in [0.5, 0.6) is 0 Å². The first kappa shape index (κ1) is 17.6. The molecule has 4 fully saturated rings. The van der Waals surface area contributed by atoms with E-state index in [0.29, 0.717) is 29.9 Å². The number of carbonyl (C=O) groups excluding carboxylic acids is 1. The Morgan fingerprint density at radius 3 is 2.61 bits per heavy atom. The number of pyridine rings is 1. The minimum Gasteiger partial charge on any atom is -0.373 e. The van der Waals surface area contributed by atoms with Gasteiger partial charge in [0.15, 0.2) is 0 Å². The van der Waals surface area contributed by atoms with Crippen LogP contribution in [0.2, 0.25) is 0 Å². The Morgan fingerprint density at radius 2 is 1.89 bits per heavy atom. The molecule has 1 N–H and O–H groups in total. The van der Waals surface area contributed by atoms with E-state index in [0.717, 1.165) is 31.5 Å². The molecule has 4 aliphatic rings. The maximum absolute atomic E-state index is 13.5. The van der Waals surface area contributed by atoms with Crippen LogP contribution in [0.15, 0.2) is 42.6 Å². The van der Waals surface area contributed by atoms with Gasteiger partial charge in [-0.3, -0.25) is 9.69 Å². The Bertz CT molecular complexity index is 878. The van der Waals surface area contributed by atoms with Crippen LogP contribution >= 0.6 is 0 Å². The van der Waals surface area contributed by atoms with Crippen LogP contribution in [0.3, 0.4) is 0 Å². The molecular formula is C22H25FN4O. The number of fused-ring (bicyclic) bond motifs is 2. The highest BCUT2D eigenvalue weighted by Gasteiger charge is 2.54. The Morgan fingerprint density at radius 1 is 1.14 bits per heavy atom. The molecule has 146 valence electrons. The molecule has 0 saturated carbocycles. The van der Waals surface area contributed by atoms with Crippen molar-refractivity contribution in [2.75, 3.05) is 32.0 Å². The molecule has 1 aromatic heterocycles. The van der Waals surface area contributed by atoms with Crippen LogP contribution < -0.4 is 5.32 Å². The van der Waals surface area contributed by atoms with Crippen LogP contribution in [0, 0.1) is 11.7 Å². The van der Waals surface area contributed by atoms with Gasteiger partial charge in [0, 0.05) is 37.3 Å². The number of amides is 1. The molecule has 0 unspecified atom stereocenters. The Kier molecular flexibility index (Phi) is 4.31. The zero-order chi connectivity index (χ0) is 19.3. The van der Waals surface area contributed by atoms with E-state index in [1.807, 2.05) is 18.2 Å². The monoisotopic (exact) mass is 380 g/mol. The summed E-state index contributed by atoms with van der Waals surface area (Å²) in [7, 11) is 1.81. The zero-order valence-corrected chi connectivity index (χ0v) is 16.0. The number of nitrogens with zero attached hydrogens (tertiary/aromatic N) is 3. The summed E-state index contributed by atoms with van der Waals surface area (Å²) in [5.41, 5.74) is 1.80.